The minimum Gasteiger partial charge on any atom is -0.347 e. The standard InChI is InChI=1S/C15H28N2O2S/c1-14(2)10-12(11-15(3,4)17(14)5)20-13(19)16-8-6-7-9-18/h9,12H,6-8,10-11H2,1-5H3,(H,16,19). The van der Waals surface area contributed by atoms with Gasteiger partial charge in [-0.15, -0.1) is 0 Å². The number of piperidine rings is 1. The molecule has 0 bridgehead atoms. The van der Waals surface area contributed by atoms with E-state index in [0.717, 1.165) is 25.5 Å². The zero-order valence-corrected chi connectivity index (χ0v) is 14.2. The number of amides is 1. The highest BCUT2D eigenvalue weighted by atomic mass is 32.2. The Labute approximate surface area is 127 Å². The molecule has 1 N–H and O–H groups in total. The smallest absolute Gasteiger partial charge is 0.279 e. The highest BCUT2D eigenvalue weighted by Gasteiger charge is 2.43. The van der Waals surface area contributed by atoms with Gasteiger partial charge in [0.1, 0.15) is 6.29 Å². The van der Waals surface area contributed by atoms with Gasteiger partial charge in [-0.2, -0.15) is 0 Å². The average Bonchev–Trinajstić information content (AvgIpc) is 2.31. The summed E-state index contributed by atoms with van der Waals surface area (Å²) in [7, 11) is 2.17. The van der Waals surface area contributed by atoms with Crippen molar-refractivity contribution in [3.63, 3.8) is 0 Å². The number of nitrogens with one attached hydrogen (secondary N) is 1. The lowest BCUT2D eigenvalue weighted by molar-refractivity contribution is -0.107. The summed E-state index contributed by atoms with van der Waals surface area (Å²) in [5.41, 5.74) is 0.217. The minimum atomic E-state index is 0.0389. The minimum absolute atomic E-state index is 0.0389. The van der Waals surface area contributed by atoms with E-state index in [2.05, 4.69) is 45.0 Å². The number of unbranched alkanes of at least 4 members (excludes halogenated alkanes) is 1. The second-order valence-electron chi connectivity index (χ2n) is 6.86. The number of aldehydes is 1. The Morgan fingerprint density at radius 1 is 1.30 bits per heavy atom. The summed E-state index contributed by atoms with van der Waals surface area (Å²) < 4.78 is 0. The monoisotopic (exact) mass is 300 g/mol. The van der Waals surface area contributed by atoms with E-state index < -0.39 is 0 Å². The van der Waals surface area contributed by atoms with Crippen LogP contribution in [-0.4, -0.2) is 46.3 Å². The molecule has 116 valence electrons. The molecule has 0 aromatic heterocycles. The molecule has 1 saturated heterocycles. The van der Waals surface area contributed by atoms with Gasteiger partial charge in [0.2, 0.25) is 0 Å². The van der Waals surface area contributed by atoms with Crippen molar-refractivity contribution in [2.24, 2.45) is 0 Å². The number of likely N-dealkylation sites (tertiary alicyclic amines) is 1. The van der Waals surface area contributed by atoms with Crippen LogP contribution in [0.15, 0.2) is 0 Å². The molecular weight excluding hydrogens is 272 g/mol. The van der Waals surface area contributed by atoms with E-state index in [1.54, 1.807) is 0 Å². The molecule has 5 heteroatoms. The third-order valence-electron chi connectivity index (χ3n) is 4.31. The van der Waals surface area contributed by atoms with Crippen LogP contribution in [0.1, 0.15) is 53.4 Å². The Balaban J connectivity index is 2.48. The van der Waals surface area contributed by atoms with E-state index in [4.69, 9.17) is 0 Å². The Morgan fingerprint density at radius 3 is 2.35 bits per heavy atom. The normalized spacial score (nSPS) is 22.4. The van der Waals surface area contributed by atoms with Gasteiger partial charge in [0.25, 0.3) is 5.24 Å². The zero-order chi connectivity index (χ0) is 15.4. The Kier molecular flexibility index (Phi) is 6.07. The van der Waals surface area contributed by atoms with Gasteiger partial charge in [-0.05, 0) is 54.0 Å². The van der Waals surface area contributed by atoms with E-state index in [1.807, 2.05) is 0 Å². The number of hydrogen-bond acceptors (Lipinski definition) is 4. The Hall–Kier alpha value is -0.550. The molecule has 1 fully saturated rings. The summed E-state index contributed by atoms with van der Waals surface area (Å²) in [4.78, 5) is 24.6. The van der Waals surface area contributed by atoms with Crippen molar-refractivity contribution < 1.29 is 9.59 Å². The molecule has 0 spiro atoms. The molecule has 0 aromatic rings. The molecule has 0 unspecified atom stereocenters. The van der Waals surface area contributed by atoms with Crippen LogP contribution in [0.3, 0.4) is 0 Å². The SMILES string of the molecule is CN1C(C)(C)CC(SC(=O)NCCCC=O)CC1(C)C. The Bertz CT molecular complexity index is 338. The van der Waals surface area contributed by atoms with Crippen molar-refractivity contribution in [2.45, 2.75) is 69.7 Å². The van der Waals surface area contributed by atoms with Crippen LogP contribution in [-0.2, 0) is 4.79 Å². The van der Waals surface area contributed by atoms with Gasteiger partial charge in [-0.1, -0.05) is 11.8 Å². The third-order valence-corrected chi connectivity index (χ3v) is 5.34. The van der Waals surface area contributed by atoms with Crippen LogP contribution in [0.4, 0.5) is 4.79 Å². The van der Waals surface area contributed by atoms with Crippen molar-refractivity contribution in [2.75, 3.05) is 13.6 Å². The topological polar surface area (TPSA) is 49.4 Å². The molecule has 20 heavy (non-hydrogen) atoms. The molecule has 0 aromatic carbocycles. The number of nitrogens with zero attached hydrogens (tertiary/aromatic N) is 1. The Morgan fingerprint density at radius 2 is 1.85 bits per heavy atom. The molecule has 0 radical (unpaired) electrons. The van der Waals surface area contributed by atoms with Crippen LogP contribution in [0.25, 0.3) is 0 Å². The first-order valence-electron chi connectivity index (χ1n) is 7.31. The summed E-state index contributed by atoms with van der Waals surface area (Å²) in [6.07, 6.45) is 4.15. The van der Waals surface area contributed by atoms with Crippen LogP contribution >= 0.6 is 11.8 Å². The number of carbonyl (C=O) groups is 2. The molecule has 1 heterocycles. The van der Waals surface area contributed by atoms with Crippen LogP contribution < -0.4 is 5.32 Å². The van der Waals surface area contributed by atoms with E-state index >= 15 is 0 Å². The molecule has 1 aliphatic rings. The predicted octanol–water partition coefficient (Wildman–Crippen LogP) is 3.06. The van der Waals surface area contributed by atoms with Gasteiger partial charge in [0, 0.05) is 29.3 Å². The van der Waals surface area contributed by atoms with Gasteiger partial charge in [0.05, 0.1) is 0 Å². The van der Waals surface area contributed by atoms with Crippen LogP contribution in [0.2, 0.25) is 0 Å². The number of carbonyl (C=O) groups excluding carboxylic acids is 2. The molecule has 0 aliphatic carbocycles. The van der Waals surface area contributed by atoms with Crippen LogP contribution in [0.5, 0.6) is 0 Å². The number of thioether (sulfide) groups is 1. The second-order valence-corrected chi connectivity index (χ2v) is 8.13. The van der Waals surface area contributed by atoms with E-state index in [0.29, 0.717) is 18.2 Å². The van der Waals surface area contributed by atoms with Crippen molar-refractivity contribution >= 4 is 23.3 Å². The third kappa shape index (κ3) is 4.77. The summed E-state index contributed by atoms with van der Waals surface area (Å²) in [5, 5.41) is 3.27. The molecule has 1 amide bonds. The van der Waals surface area contributed by atoms with Crippen molar-refractivity contribution in [1.82, 2.24) is 10.2 Å². The summed E-state index contributed by atoms with van der Waals surface area (Å²) in [6, 6.07) is 0. The zero-order valence-electron chi connectivity index (χ0n) is 13.4. The summed E-state index contributed by atoms with van der Waals surface area (Å²) in [6.45, 7) is 9.55. The molecular formula is C15H28N2O2S. The molecule has 0 saturated carbocycles. The van der Waals surface area contributed by atoms with Gasteiger partial charge in [-0.25, -0.2) is 0 Å². The lowest BCUT2D eigenvalue weighted by Crippen LogP contribution is -2.59. The lowest BCUT2D eigenvalue weighted by atomic mass is 9.80. The van der Waals surface area contributed by atoms with Gasteiger partial charge >= 0.3 is 0 Å². The fourth-order valence-corrected chi connectivity index (χ4v) is 4.40. The van der Waals surface area contributed by atoms with Crippen LogP contribution in [0, 0.1) is 0 Å². The predicted molar refractivity (Wildman–Crippen MR) is 85.2 cm³/mol. The number of hydrogen-bond donors (Lipinski definition) is 1. The first-order valence-corrected chi connectivity index (χ1v) is 8.19. The number of rotatable bonds is 5. The van der Waals surface area contributed by atoms with E-state index in [1.165, 1.54) is 11.8 Å². The first-order chi connectivity index (χ1) is 9.19. The maximum atomic E-state index is 11.9. The fourth-order valence-electron chi connectivity index (χ4n) is 2.93. The summed E-state index contributed by atoms with van der Waals surface area (Å²) in [5.74, 6) is 0. The van der Waals surface area contributed by atoms with Crippen molar-refractivity contribution in [3.05, 3.63) is 0 Å². The van der Waals surface area contributed by atoms with E-state index in [-0.39, 0.29) is 16.3 Å². The summed E-state index contributed by atoms with van der Waals surface area (Å²) >= 11 is 1.42. The second kappa shape index (κ2) is 6.94. The molecule has 1 aliphatic heterocycles. The average molecular weight is 300 g/mol. The highest BCUT2D eigenvalue weighted by molar-refractivity contribution is 8.14. The van der Waals surface area contributed by atoms with Crippen molar-refractivity contribution in [3.8, 4) is 0 Å². The molecule has 1 rings (SSSR count). The van der Waals surface area contributed by atoms with Gasteiger partial charge < -0.3 is 10.1 Å². The van der Waals surface area contributed by atoms with E-state index in [9.17, 15) is 9.59 Å². The maximum absolute atomic E-state index is 11.9. The van der Waals surface area contributed by atoms with Gasteiger partial charge in [-0.3, -0.25) is 9.69 Å². The first kappa shape index (κ1) is 17.5. The maximum Gasteiger partial charge on any atom is 0.279 e. The largest absolute Gasteiger partial charge is 0.347 e. The lowest BCUT2D eigenvalue weighted by Gasteiger charge is -2.53. The molecule has 0 atom stereocenters. The fraction of sp³-hybridized carbons (Fsp3) is 0.867. The van der Waals surface area contributed by atoms with Gasteiger partial charge in [0.15, 0.2) is 0 Å². The quantitative estimate of drug-likeness (QED) is 0.626. The highest BCUT2D eigenvalue weighted by Crippen LogP contribution is 2.41. The molecule has 4 nitrogen and oxygen atoms in total. The van der Waals surface area contributed by atoms with Crippen molar-refractivity contribution in [1.29, 1.82) is 0 Å².